The quantitative estimate of drug-likeness (QED) is 0.640. The van der Waals surface area contributed by atoms with Crippen molar-refractivity contribution in [1.82, 2.24) is 5.32 Å². The predicted octanol–water partition coefficient (Wildman–Crippen LogP) is 2.59. The molecule has 0 saturated heterocycles. The lowest BCUT2D eigenvalue weighted by Crippen LogP contribution is -2.52. The molecule has 1 aliphatic rings. The molecule has 5 nitrogen and oxygen atoms in total. The van der Waals surface area contributed by atoms with E-state index in [1.54, 1.807) is 13.8 Å². The summed E-state index contributed by atoms with van der Waals surface area (Å²) in [5.41, 5.74) is -1.28. The Morgan fingerprint density at radius 1 is 1.33 bits per heavy atom. The van der Waals surface area contributed by atoms with Crippen molar-refractivity contribution < 1.29 is 19.8 Å². The van der Waals surface area contributed by atoms with Gasteiger partial charge in [-0.2, -0.15) is 0 Å². The van der Waals surface area contributed by atoms with Gasteiger partial charge < -0.3 is 10.2 Å². The second-order valence-electron chi connectivity index (χ2n) is 6.26. The highest BCUT2D eigenvalue weighted by Crippen LogP contribution is 2.26. The molecule has 0 heterocycles. The normalized spacial score (nSPS) is 23.0. The van der Waals surface area contributed by atoms with Gasteiger partial charge in [-0.15, -0.1) is 0 Å². The van der Waals surface area contributed by atoms with Crippen LogP contribution >= 0.6 is 0 Å². The summed E-state index contributed by atoms with van der Waals surface area (Å²) in [5, 5.41) is 21.7. The van der Waals surface area contributed by atoms with Crippen LogP contribution in [-0.2, 0) is 9.59 Å². The van der Waals surface area contributed by atoms with E-state index in [1.807, 2.05) is 31.2 Å². The average molecular weight is 295 g/mol. The van der Waals surface area contributed by atoms with Gasteiger partial charge >= 0.3 is 11.9 Å². The first-order valence-electron chi connectivity index (χ1n) is 7.31. The number of allylic oxidation sites excluding steroid dienone is 2. The van der Waals surface area contributed by atoms with E-state index in [0.717, 1.165) is 12.8 Å². The number of carboxylic acid groups (broad SMARTS) is 2. The molecule has 0 saturated carbocycles. The van der Waals surface area contributed by atoms with Crippen LogP contribution in [0.2, 0.25) is 0 Å². The van der Waals surface area contributed by atoms with Crippen LogP contribution < -0.4 is 5.32 Å². The minimum atomic E-state index is -0.938. The van der Waals surface area contributed by atoms with Crippen molar-refractivity contribution in [2.75, 3.05) is 0 Å². The number of aliphatic carboxylic acids is 2. The fraction of sp³-hybridized carbons (Fsp3) is 0.625. The number of nitrogens with one attached hydrogen (secondary N) is 1. The lowest BCUT2D eigenvalue weighted by atomic mass is 9.84. The van der Waals surface area contributed by atoms with Crippen LogP contribution in [0.3, 0.4) is 0 Å². The molecule has 0 fully saturated rings. The number of rotatable bonds is 8. The molecule has 1 unspecified atom stereocenters. The summed E-state index contributed by atoms with van der Waals surface area (Å²) < 4.78 is 0. The largest absolute Gasteiger partial charge is 0.481 e. The maximum absolute atomic E-state index is 11.5. The highest BCUT2D eigenvalue weighted by atomic mass is 16.4. The number of hydrogen-bond acceptors (Lipinski definition) is 3. The highest BCUT2D eigenvalue weighted by Gasteiger charge is 2.34. The molecule has 1 rings (SSSR count). The van der Waals surface area contributed by atoms with Crippen LogP contribution in [0.15, 0.2) is 24.3 Å². The Labute approximate surface area is 125 Å². The Kier molecular flexibility index (Phi) is 5.72. The van der Waals surface area contributed by atoms with Gasteiger partial charge in [-0.05, 0) is 39.5 Å². The molecule has 0 aromatic rings. The summed E-state index contributed by atoms with van der Waals surface area (Å²) in [6, 6.07) is -0.750. The van der Waals surface area contributed by atoms with E-state index in [2.05, 4.69) is 5.32 Å². The highest BCUT2D eigenvalue weighted by molar-refractivity contribution is 5.75. The molecule has 1 aliphatic carbocycles. The van der Waals surface area contributed by atoms with Crippen molar-refractivity contribution in [3.63, 3.8) is 0 Å². The van der Waals surface area contributed by atoms with Crippen molar-refractivity contribution >= 4 is 11.9 Å². The fourth-order valence-electron chi connectivity index (χ4n) is 2.35. The lowest BCUT2D eigenvalue weighted by molar-refractivity contribution is -0.148. The van der Waals surface area contributed by atoms with Gasteiger partial charge in [0, 0.05) is 5.54 Å². The monoisotopic (exact) mass is 295 g/mol. The van der Waals surface area contributed by atoms with E-state index in [-0.39, 0.29) is 12.0 Å². The Bertz CT molecular complexity index is 453. The van der Waals surface area contributed by atoms with Crippen molar-refractivity contribution in [3.8, 4) is 0 Å². The molecule has 0 amide bonds. The van der Waals surface area contributed by atoms with Crippen molar-refractivity contribution in [2.45, 2.75) is 58.0 Å². The van der Waals surface area contributed by atoms with E-state index in [9.17, 15) is 14.7 Å². The number of carbonyl (C=O) groups is 2. The minimum absolute atomic E-state index is 0.286. The third kappa shape index (κ3) is 4.70. The minimum Gasteiger partial charge on any atom is -0.481 e. The molecular formula is C16H25NO4. The van der Waals surface area contributed by atoms with Crippen molar-refractivity contribution in [1.29, 1.82) is 0 Å². The first-order chi connectivity index (χ1) is 9.72. The summed E-state index contributed by atoms with van der Waals surface area (Å²) in [7, 11) is 0. The van der Waals surface area contributed by atoms with E-state index in [4.69, 9.17) is 5.11 Å². The molecule has 5 heteroatoms. The van der Waals surface area contributed by atoms with Gasteiger partial charge in [0.2, 0.25) is 0 Å². The van der Waals surface area contributed by atoms with E-state index in [0.29, 0.717) is 6.42 Å². The summed E-state index contributed by atoms with van der Waals surface area (Å²) >= 11 is 0. The molecule has 0 aliphatic heterocycles. The SMILES string of the molecule is CC[C@]1(NC(CCC(C)(C)C(=O)O)C(=O)O)C=CC=CC1. The fourth-order valence-corrected chi connectivity index (χ4v) is 2.35. The molecule has 0 spiro atoms. The van der Waals surface area contributed by atoms with E-state index >= 15 is 0 Å². The van der Waals surface area contributed by atoms with E-state index < -0.39 is 23.4 Å². The molecule has 0 aromatic carbocycles. The van der Waals surface area contributed by atoms with Crippen molar-refractivity contribution in [3.05, 3.63) is 24.3 Å². The third-order valence-corrected chi connectivity index (χ3v) is 4.17. The van der Waals surface area contributed by atoms with Gasteiger partial charge in [0.15, 0.2) is 0 Å². The molecule has 0 radical (unpaired) electrons. The average Bonchev–Trinajstić information content (AvgIpc) is 2.44. The van der Waals surface area contributed by atoms with Crippen LogP contribution in [0.5, 0.6) is 0 Å². The first-order valence-corrected chi connectivity index (χ1v) is 7.31. The third-order valence-electron chi connectivity index (χ3n) is 4.17. The van der Waals surface area contributed by atoms with Gasteiger partial charge in [0.25, 0.3) is 0 Å². The maximum Gasteiger partial charge on any atom is 0.320 e. The van der Waals surface area contributed by atoms with Gasteiger partial charge in [0.05, 0.1) is 5.41 Å². The zero-order valence-corrected chi connectivity index (χ0v) is 12.9. The smallest absolute Gasteiger partial charge is 0.320 e. The zero-order valence-electron chi connectivity index (χ0n) is 12.9. The number of hydrogen-bond donors (Lipinski definition) is 3. The lowest BCUT2D eigenvalue weighted by Gasteiger charge is -2.35. The van der Waals surface area contributed by atoms with E-state index in [1.165, 1.54) is 0 Å². The van der Waals surface area contributed by atoms with Crippen LogP contribution in [-0.4, -0.2) is 33.7 Å². The Morgan fingerprint density at radius 3 is 2.43 bits per heavy atom. The van der Waals surface area contributed by atoms with Crippen LogP contribution in [0.1, 0.15) is 46.5 Å². The van der Waals surface area contributed by atoms with Gasteiger partial charge in [-0.25, -0.2) is 0 Å². The van der Waals surface area contributed by atoms with Crippen LogP contribution in [0, 0.1) is 5.41 Å². The second-order valence-corrected chi connectivity index (χ2v) is 6.26. The van der Waals surface area contributed by atoms with Gasteiger partial charge in [-0.3, -0.25) is 14.9 Å². The van der Waals surface area contributed by atoms with Crippen molar-refractivity contribution in [2.24, 2.45) is 5.41 Å². The van der Waals surface area contributed by atoms with Crippen LogP contribution in [0.4, 0.5) is 0 Å². The standard InChI is InChI=1S/C16H25NO4/c1-4-16(9-6-5-7-10-16)17-12(13(18)19)8-11-15(2,3)14(20)21/h5-7,9,12,17H,4,8,10-11H2,1-3H3,(H,18,19)(H,20,21)/t12?,16-/m0/s1. The Hall–Kier alpha value is -1.62. The van der Waals surface area contributed by atoms with Crippen LogP contribution in [0.25, 0.3) is 0 Å². The molecule has 118 valence electrons. The van der Waals surface area contributed by atoms with Gasteiger partial charge in [0.1, 0.15) is 6.04 Å². The number of carboxylic acids is 2. The Morgan fingerprint density at radius 2 is 2.00 bits per heavy atom. The Balaban J connectivity index is 2.74. The first kappa shape index (κ1) is 17.4. The maximum atomic E-state index is 11.5. The molecule has 2 atom stereocenters. The molecule has 21 heavy (non-hydrogen) atoms. The summed E-state index contributed by atoms with van der Waals surface area (Å²) in [6.45, 7) is 5.25. The molecule has 0 aromatic heterocycles. The summed E-state index contributed by atoms with van der Waals surface area (Å²) in [5.74, 6) is -1.84. The second kappa shape index (κ2) is 6.89. The zero-order chi connectivity index (χ0) is 16.1. The molecule has 3 N–H and O–H groups in total. The molecular weight excluding hydrogens is 270 g/mol. The van der Waals surface area contributed by atoms with Gasteiger partial charge in [-0.1, -0.05) is 31.2 Å². The predicted molar refractivity (Wildman–Crippen MR) is 81.1 cm³/mol. The summed E-state index contributed by atoms with van der Waals surface area (Å²) in [4.78, 5) is 22.6. The summed E-state index contributed by atoms with van der Waals surface area (Å²) in [6.07, 6.45) is 9.98. The topological polar surface area (TPSA) is 86.6 Å². The molecule has 0 bridgehead atoms.